The second kappa shape index (κ2) is 6.70. The Hall–Kier alpha value is -3.03. The lowest BCUT2D eigenvalue weighted by Gasteiger charge is -2.10. The molecule has 1 aromatic carbocycles. The zero-order chi connectivity index (χ0) is 18.9. The molecule has 0 bridgehead atoms. The second-order valence-electron chi connectivity index (χ2n) is 5.77. The van der Waals surface area contributed by atoms with Crippen molar-refractivity contribution in [3.8, 4) is 5.75 Å². The third-order valence-electron chi connectivity index (χ3n) is 3.87. The van der Waals surface area contributed by atoms with Gasteiger partial charge in [-0.2, -0.15) is 13.2 Å². The van der Waals surface area contributed by atoms with E-state index in [4.69, 9.17) is 0 Å². The lowest BCUT2D eigenvalue weighted by molar-refractivity contribution is -0.137. The number of carbonyl (C=O) groups is 1. The number of hydrogen-bond donors (Lipinski definition) is 2. The zero-order valence-electron chi connectivity index (χ0n) is 13.8. The Morgan fingerprint density at radius 3 is 2.62 bits per heavy atom. The van der Waals surface area contributed by atoms with Gasteiger partial charge in [-0.05, 0) is 30.7 Å². The van der Waals surface area contributed by atoms with Crippen LogP contribution in [0.15, 0.2) is 42.6 Å². The van der Waals surface area contributed by atoms with Gasteiger partial charge < -0.3 is 10.4 Å². The maximum Gasteiger partial charge on any atom is 0.417 e. The van der Waals surface area contributed by atoms with E-state index in [1.807, 2.05) is 6.92 Å². The molecule has 2 heterocycles. The number of hydrogen-bond acceptors (Lipinski definition) is 3. The Morgan fingerprint density at radius 1 is 1.23 bits per heavy atom. The number of benzene rings is 1. The number of rotatable bonds is 4. The van der Waals surface area contributed by atoms with Gasteiger partial charge in [-0.1, -0.05) is 25.5 Å². The maximum atomic E-state index is 13.0. The minimum atomic E-state index is -4.53. The smallest absolute Gasteiger partial charge is 0.417 e. The van der Waals surface area contributed by atoms with Crippen LogP contribution >= 0.6 is 0 Å². The Balaban J connectivity index is 2.10. The highest BCUT2D eigenvalue weighted by Crippen LogP contribution is 2.30. The van der Waals surface area contributed by atoms with Crippen LogP contribution in [0, 0.1) is 0 Å². The topological polar surface area (TPSA) is 66.6 Å². The molecule has 2 aromatic heterocycles. The van der Waals surface area contributed by atoms with Gasteiger partial charge in [0.2, 0.25) is 0 Å². The van der Waals surface area contributed by atoms with Crippen LogP contribution in [-0.4, -0.2) is 20.4 Å². The van der Waals surface area contributed by atoms with E-state index in [0.717, 1.165) is 16.7 Å². The standard InChI is InChI=1S/C18H16F3N3O2/c1-2-5-13-16(17(26)23-12-6-3-4-7-14(12)25)24-10-11(18(19,20)21)8-9-15(24)22-13/h3-4,6-10,25H,2,5H2,1H3,(H,23,26). The average Bonchev–Trinajstić information content (AvgIpc) is 2.93. The number of halogens is 3. The summed E-state index contributed by atoms with van der Waals surface area (Å²) in [6.07, 6.45) is -2.56. The van der Waals surface area contributed by atoms with Gasteiger partial charge in [0, 0.05) is 6.20 Å². The number of nitrogens with zero attached hydrogens (tertiary/aromatic N) is 2. The number of para-hydroxylation sites is 2. The van der Waals surface area contributed by atoms with E-state index in [2.05, 4.69) is 10.3 Å². The maximum absolute atomic E-state index is 13.0. The molecular formula is C18H16F3N3O2. The summed E-state index contributed by atoms with van der Waals surface area (Å²) in [5, 5.41) is 12.3. The second-order valence-corrected chi connectivity index (χ2v) is 5.77. The van der Waals surface area contributed by atoms with Crippen LogP contribution in [0.1, 0.15) is 35.1 Å². The first kappa shape index (κ1) is 17.8. The molecule has 8 heteroatoms. The Morgan fingerprint density at radius 2 is 1.96 bits per heavy atom. The monoisotopic (exact) mass is 363 g/mol. The summed E-state index contributed by atoms with van der Waals surface area (Å²) in [5.74, 6) is -0.774. The number of aromatic nitrogens is 2. The van der Waals surface area contributed by atoms with Gasteiger partial charge in [-0.3, -0.25) is 9.20 Å². The first-order valence-electron chi connectivity index (χ1n) is 7.98. The van der Waals surface area contributed by atoms with Crippen LogP contribution in [0.5, 0.6) is 5.75 Å². The number of aryl methyl sites for hydroxylation is 1. The van der Waals surface area contributed by atoms with Gasteiger partial charge in [-0.15, -0.1) is 0 Å². The van der Waals surface area contributed by atoms with Crippen LogP contribution in [0.3, 0.4) is 0 Å². The number of phenolic OH excluding ortho intramolecular Hbond substituents is 1. The number of anilines is 1. The normalized spacial score (nSPS) is 11.7. The van der Waals surface area contributed by atoms with Crippen molar-refractivity contribution in [2.75, 3.05) is 5.32 Å². The Bertz CT molecular complexity index is 964. The highest BCUT2D eigenvalue weighted by molar-refractivity contribution is 6.05. The van der Waals surface area contributed by atoms with Crippen molar-refractivity contribution in [3.63, 3.8) is 0 Å². The van der Waals surface area contributed by atoms with E-state index >= 15 is 0 Å². The minimum absolute atomic E-state index is 0.0243. The molecule has 0 radical (unpaired) electrons. The molecule has 0 saturated carbocycles. The van der Waals surface area contributed by atoms with Gasteiger partial charge in [0.25, 0.3) is 5.91 Å². The number of fused-ring (bicyclic) bond motifs is 1. The zero-order valence-corrected chi connectivity index (χ0v) is 13.8. The molecule has 1 amide bonds. The van der Waals surface area contributed by atoms with Gasteiger partial charge in [0.05, 0.1) is 16.9 Å². The molecule has 2 N–H and O–H groups in total. The first-order valence-corrected chi connectivity index (χ1v) is 7.98. The number of carbonyl (C=O) groups excluding carboxylic acids is 1. The lowest BCUT2D eigenvalue weighted by Crippen LogP contribution is -2.17. The molecular weight excluding hydrogens is 347 g/mol. The third-order valence-corrected chi connectivity index (χ3v) is 3.87. The van der Waals surface area contributed by atoms with Gasteiger partial charge in [-0.25, -0.2) is 4.98 Å². The number of phenols is 1. The van der Waals surface area contributed by atoms with E-state index < -0.39 is 17.6 Å². The predicted molar refractivity (Wildman–Crippen MR) is 90.2 cm³/mol. The molecule has 0 unspecified atom stereocenters. The Labute approximate surface area is 147 Å². The fraction of sp³-hybridized carbons (Fsp3) is 0.222. The molecule has 0 aliphatic rings. The predicted octanol–water partition coefficient (Wildman–Crippen LogP) is 4.26. The van der Waals surface area contributed by atoms with Crippen LogP contribution in [-0.2, 0) is 12.6 Å². The highest BCUT2D eigenvalue weighted by Gasteiger charge is 2.32. The quantitative estimate of drug-likeness (QED) is 0.681. The number of amides is 1. The molecule has 136 valence electrons. The van der Waals surface area contributed by atoms with Gasteiger partial charge in [0.15, 0.2) is 0 Å². The fourth-order valence-electron chi connectivity index (χ4n) is 2.67. The van der Waals surface area contributed by atoms with Gasteiger partial charge in [0.1, 0.15) is 17.1 Å². The van der Waals surface area contributed by atoms with Crippen molar-refractivity contribution in [1.29, 1.82) is 0 Å². The number of nitrogens with one attached hydrogen (secondary N) is 1. The van der Waals surface area contributed by atoms with E-state index in [1.54, 1.807) is 12.1 Å². The van der Waals surface area contributed by atoms with Crippen molar-refractivity contribution < 1.29 is 23.1 Å². The molecule has 26 heavy (non-hydrogen) atoms. The molecule has 0 fully saturated rings. The molecule has 0 aliphatic carbocycles. The summed E-state index contributed by atoms with van der Waals surface area (Å²) in [6, 6.07) is 8.29. The number of imidazole rings is 1. The molecule has 0 spiro atoms. The molecule has 0 atom stereocenters. The molecule has 0 aliphatic heterocycles. The lowest BCUT2D eigenvalue weighted by atomic mass is 10.2. The summed E-state index contributed by atoms with van der Waals surface area (Å²) < 4.78 is 40.2. The number of aromatic hydroxyl groups is 1. The summed E-state index contributed by atoms with van der Waals surface area (Å²) in [7, 11) is 0. The van der Waals surface area contributed by atoms with E-state index in [0.29, 0.717) is 18.5 Å². The van der Waals surface area contributed by atoms with Crippen molar-refractivity contribution in [2.45, 2.75) is 25.9 Å². The number of alkyl halides is 3. The van der Waals surface area contributed by atoms with Crippen LogP contribution in [0.4, 0.5) is 18.9 Å². The fourth-order valence-corrected chi connectivity index (χ4v) is 2.67. The SMILES string of the molecule is CCCc1nc2ccc(C(F)(F)F)cn2c1C(=O)Nc1ccccc1O. The van der Waals surface area contributed by atoms with Gasteiger partial charge >= 0.3 is 6.18 Å². The molecule has 3 rings (SSSR count). The number of pyridine rings is 1. The molecule has 0 saturated heterocycles. The summed E-state index contributed by atoms with van der Waals surface area (Å²) >= 11 is 0. The van der Waals surface area contributed by atoms with E-state index in [1.165, 1.54) is 18.2 Å². The summed E-state index contributed by atoms with van der Waals surface area (Å²) in [5.41, 5.74) is -0.0243. The summed E-state index contributed by atoms with van der Waals surface area (Å²) in [4.78, 5) is 17.0. The van der Waals surface area contributed by atoms with Crippen LogP contribution < -0.4 is 5.32 Å². The first-order chi connectivity index (χ1) is 12.3. The average molecular weight is 363 g/mol. The minimum Gasteiger partial charge on any atom is -0.506 e. The highest BCUT2D eigenvalue weighted by atomic mass is 19.4. The molecule has 3 aromatic rings. The van der Waals surface area contributed by atoms with E-state index in [9.17, 15) is 23.1 Å². The van der Waals surface area contributed by atoms with E-state index in [-0.39, 0.29) is 22.8 Å². The van der Waals surface area contributed by atoms with Crippen LogP contribution in [0.2, 0.25) is 0 Å². The van der Waals surface area contributed by atoms with Crippen LogP contribution in [0.25, 0.3) is 5.65 Å². The van der Waals surface area contributed by atoms with Crippen molar-refractivity contribution in [3.05, 3.63) is 59.5 Å². The Kier molecular flexibility index (Phi) is 4.58. The van der Waals surface area contributed by atoms with Crippen molar-refractivity contribution >= 4 is 17.2 Å². The largest absolute Gasteiger partial charge is 0.506 e. The van der Waals surface area contributed by atoms with Crippen molar-refractivity contribution in [1.82, 2.24) is 9.38 Å². The third kappa shape index (κ3) is 3.35. The molecule has 5 nitrogen and oxygen atoms in total. The summed E-state index contributed by atoms with van der Waals surface area (Å²) in [6.45, 7) is 1.88. The van der Waals surface area contributed by atoms with Crippen molar-refractivity contribution in [2.24, 2.45) is 0 Å².